The minimum absolute atomic E-state index is 0.0562. The van der Waals surface area contributed by atoms with E-state index in [1.165, 1.54) is 11.3 Å². The molecule has 1 heterocycles. The fraction of sp³-hybridized carbons (Fsp3) is 0.0833. The van der Waals surface area contributed by atoms with E-state index in [4.69, 9.17) is 5.73 Å². The largest absolute Gasteiger partial charge is 0.318 e. The van der Waals surface area contributed by atoms with Crippen LogP contribution >= 0.6 is 27.3 Å². The second kappa shape index (κ2) is 4.91. The summed E-state index contributed by atoms with van der Waals surface area (Å²) in [6.45, 7) is 0. The normalized spacial score (nSPS) is 12.4. The highest BCUT2D eigenvalue weighted by atomic mass is 79.9. The Balaban J connectivity index is 2.27. The van der Waals surface area contributed by atoms with Crippen LogP contribution in [-0.2, 0) is 0 Å². The summed E-state index contributed by atoms with van der Waals surface area (Å²) in [4.78, 5) is 12.1. The number of carbonyl (C=O) groups excluding carboxylic acids is 1. The fourth-order valence-corrected chi connectivity index (χ4v) is 2.92. The molecule has 0 spiro atoms. The van der Waals surface area contributed by atoms with Crippen LogP contribution in [0, 0.1) is 0 Å². The second-order valence-corrected chi connectivity index (χ2v) is 4.98. The van der Waals surface area contributed by atoms with Crippen molar-refractivity contribution in [2.75, 3.05) is 0 Å². The molecule has 0 bridgehead atoms. The van der Waals surface area contributed by atoms with Crippen molar-refractivity contribution in [1.29, 1.82) is 0 Å². The number of hydrogen-bond donors (Lipinski definition) is 1. The Hall–Kier alpha value is -0.970. The van der Waals surface area contributed by atoms with Gasteiger partial charge in [-0.1, -0.05) is 30.3 Å². The first-order valence-electron chi connectivity index (χ1n) is 4.76. The van der Waals surface area contributed by atoms with E-state index in [-0.39, 0.29) is 5.78 Å². The van der Waals surface area contributed by atoms with Gasteiger partial charge >= 0.3 is 0 Å². The quantitative estimate of drug-likeness (QED) is 0.882. The number of carbonyl (C=O) groups is 1. The lowest BCUT2D eigenvalue weighted by atomic mass is 10.0. The van der Waals surface area contributed by atoms with E-state index in [0.29, 0.717) is 5.56 Å². The van der Waals surface area contributed by atoms with Crippen LogP contribution < -0.4 is 5.73 Å². The number of rotatable bonds is 3. The smallest absolute Gasteiger partial charge is 0.186 e. The summed E-state index contributed by atoms with van der Waals surface area (Å²) >= 11 is 4.83. The fourth-order valence-electron chi connectivity index (χ4n) is 1.44. The molecule has 0 aliphatic rings. The zero-order valence-corrected chi connectivity index (χ0v) is 10.8. The highest BCUT2D eigenvalue weighted by molar-refractivity contribution is 9.10. The van der Waals surface area contributed by atoms with Crippen LogP contribution in [0.3, 0.4) is 0 Å². The summed E-state index contributed by atoms with van der Waals surface area (Å²) < 4.78 is 0.814. The molecule has 0 radical (unpaired) electrons. The third-order valence-electron chi connectivity index (χ3n) is 2.32. The van der Waals surface area contributed by atoms with Gasteiger partial charge in [-0.2, -0.15) is 11.3 Å². The SMILES string of the molecule is NC(C(=O)c1cscc1Br)c1ccccc1. The molecule has 16 heavy (non-hydrogen) atoms. The highest BCUT2D eigenvalue weighted by Gasteiger charge is 2.20. The lowest BCUT2D eigenvalue weighted by Crippen LogP contribution is -2.21. The van der Waals surface area contributed by atoms with Crippen LogP contribution in [0.2, 0.25) is 0 Å². The first-order valence-corrected chi connectivity index (χ1v) is 6.50. The summed E-state index contributed by atoms with van der Waals surface area (Å²) in [6.07, 6.45) is 0. The topological polar surface area (TPSA) is 43.1 Å². The van der Waals surface area contributed by atoms with Crippen LogP contribution in [0.25, 0.3) is 0 Å². The van der Waals surface area contributed by atoms with E-state index >= 15 is 0 Å². The maximum atomic E-state index is 12.1. The molecule has 0 amide bonds. The van der Waals surface area contributed by atoms with Gasteiger partial charge in [0.25, 0.3) is 0 Å². The number of nitrogens with two attached hydrogens (primary N) is 1. The first kappa shape index (κ1) is 11.5. The summed E-state index contributed by atoms with van der Waals surface area (Å²) in [5.74, 6) is -0.0562. The van der Waals surface area contributed by atoms with Gasteiger partial charge in [0.15, 0.2) is 5.78 Å². The Kier molecular flexibility index (Phi) is 3.53. The molecule has 0 aliphatic carbocycles. The molecule has 1 atom stereocenters. The van der Waals surface area contributed by atoms with Gasteiger partial charge in [0.2, 0.25) is 0 Å². The molecule has 0 saturated heterocycles. The lowest BCUT2D eigenvalue weighted by Gasteiger charge is -2.10. The van der Waals surface area contributed by atoms with Crippen molar-refractivity contribution in [3.63, 3.8) is 0 Å². The number of halogens is 1. The van der Waals surface area contributed by atoms with Gasteiger partial charge < -0.3 is 5.73 Å². The number of hydrogen-bond acceptors (Lipinski definition) is 3. The molecule has 2 aromatic rings. The van der Waals surface area contributed by atoms with Gasteiger partial charge in [0.05, 0.1) is 6.04 Å². The van der Waals surface area contributed by atoms with Crippen molar-refractivity contribution >= 4 is 33.0 Å². The monoisotopic (exact) mass is 295 g/mol. The Morgan fingerprint density at radius 3 is 2.50 bits per heavy atom. The van der Waals surface area contributed by atoms with Crippen LogP contribution in [0.1, 0.15) is 22.0 Å². The van der Waals surface area contributed by atoms with E-state index in [1.54, 1.807) is 0 Å². The Morgan fingerprint density at radius 1 is 1.25 bits per heavy atom. The summed E-state index contributed by atoms with van der Waals surface area (Å²) in [5.41, 5.74) is 7.43. The van der Waals surface area contributed by atoms with Crippen molar-refractivity contribution in [1.82, 2.24) is 0 Å². The van der Waals surface area contributed by atoms with Crippen LogP contribution in [0.4, 0.5) is 0 Å². The minimum atomic E-state index is -0.591. The summed E-state index contributed by atoms with van der Waals surface area (Å²) in [5, 5.41) is 3.69. The number of Topliss-reactive ketones (excluding diaryl/α,β-unsaturated/α-hetero) is 1. The second-order valence-electron chi connectivity index (χ2n) is 3.39. The van der Waals surface area contributed by atoms with Crippen molar-refractivity contribution in [3.05, 3.63) is 56.7 Å². The summed E-state index contributed by atoms with van der Waals surface area (Å²) in [6, 6.07) is 8.80. The van der Waals surface area contributed by atoms with E-state index in [1.807, 2.05) is 41.1 Å². The van der Waals surface area contributed by atoms with E-state index in [9.17, 15) is 4.79 Å². The molecule has 4 heteroatoms. The molecule has 2 rings (SSSR count). The van der Waals surface area contributed by atoms with Crippen LogP contribution in [-0.4, -0.2) is 5.78 Å². The van der Waals surface area contributed by atoms with E-state index < -0.39 is 6.04 Å². The summed E-state index contributed by atoms with van der Waals surface area (Å²) in [7, 11) is 0. The average molecular weight is 296 g/mol. The van der Waals surface area contributed by atoms with Crippen LogP contribution in [0.15, 0.2) is 45.6 Å². The highest BCUT2D eigenvalue weighted by Crippen LogP contribution is 2.25. The third kappa shape index (κ3) is 2.24. The van der Waals surface area contributed by atoms with Crippen molar-refractivity contribution < 1.29 is 4.79 Å². The number of thiophene rings is 1. The molecular weight excluding hydrogens is 286 g/mol. The maximum absolute atomic E-state index is 12.1. The molecule has 1 aromatic carbocycles. The number of ketones is 1. The van der Waals surface area contributed by atoms with Gasteiger partial charge in [-0.05, 0) is 21.5 Å². The molecular formula is C12H10BrNOS. The zero-order valence-electron chi connectivity index (χ0n) is 8.39. The van der Waals surface area contributed by atoms with Crippen LogP contribution in [0.5, 0.6) is 0 Å². The molecule has 1 aromatic heterocycles. The standard InChI is InChI=1S/C12H10BrNOS/c13-10-7-16-6-9(10)12(15)11(14)8-4-2-1-3-5-8/h1-7,11H,14H2. The van der Waals surface area contributed by atoms with Crippen molar-refractivity contribution in [2.24, 2.45) is 5.73 Å². The zero-order chi connectivity index (χ0) is 11.5. The molecule has 0 saturated carbocycles. The van der Waals surface area contributed by atoms with E-state index in [2.05, 4.69) is 15.9 Å². The van der Waals surface area contributed by atoms with Gasteiger partial charge in [-0.15, -0.1) is 0 Å². The van der Waals surface area contributed by atoms with Gasteiger partial charge in [0.1, 0.15) is 0 Å². The molecule has 0 fully saturated rings. The molecule has 1 unspecified atom stereocenters. The Bertz CT molecular complexity index is 495. The molecule has 82 valence electrons. The molecule has 2 N–H and O–H groups in total. The Labute approximate surface area is 106 Å². The third-order valence-corrected chi connectivity index (χ3v) is 4.02. The minimum Gasteiger partial charge on any atom is -0.318 e. The maximum Gasteiger partial charge on any atom is 0.186 e. The van der Waals surface area contributed by atoms with E-state index in [0.717, 1.165) is 10.0 Å². The van der Waals surface area contributed by atoms with Crippen molar-refractivity contribution in [2.45, 2.75) is 6.04 Å². The molecule has 0 aliphatic heterocycles. The molecule has 2 nitrogen and oxygen atoms in total. The predicted molar refractivity (Wildman–Crippen MR) is 69.7 cm³/mol. The predicted octanol–water partition coefficient (Wildman–Crippen LogP) is 3.39. The van der Waals surface area contributed by atoms with Crippen molar-refractivity contribution in [3.8, 4) is 0 Å². The van der Waals surface area contributed by atoms with Gasteiger partial charge in [-0.3, -0.25) is 4.79 Å². The van der Waals surface area contributed by atoms with Gasteiger partial charge in [-0.25, -0.2) is 0 Å². The first-order chi connectivity index (χ1) is 7.70. The Morgan fingerprint density at radius 2 is 1.94 bits per heavy atom. The average Bonchev–Trinajstić information content (AvgIpc) is 2.75. The number of benzene rings is 1. The lowest BCUT2D eigenvalue weighted by molar-refractivity contribution is 0.0961. The van der Waals surface area contributed by atoms with Gasteiger partial charge in [0, 0.05) is 20.8 Å².